The Morgan fingerprint density at radius 2 is 1.95 bits per heavy atom. The summed E-state index contributed by atoms with van der Waals surface area (Å²) in [4.78, 5) is 0. The molecule has 9 heteroatoms. The Hall–Kier alpha value is -0.965. The zero-order valence-electron chi connectivity index (χ0n) is 12.7. The normalized spacial score (nSPS) is 13.0. The fourth-order valence-electron chi connectivity index (χ4n) is 1.40. The maximum absolute atomic E-state index is 10.0. The van der Waals surface area contributed by atoms with Crippen LogP contribution in [0.2, 0.25) is 0 Å². The smallest absolute Gasteiger partial charge is 0.423 e. The number of hydrogen-bond donors (Lipinski definition) is 4. The Bertz CT molecular complexity index is 443. The SMILES string of the molecule is CC(C)C(C)(C)OB(O)c1cnn(CCOC(O)(O)O)c1. The molecule has 21 heavy (non-hydrogen) atoms. The lowest BCUT2D eigenvalue weighted by Gasteiger charge is -2.31. The van der Waals surface area contributed by atoms with Crippen LogP contribution in [0.5, 0.6) is 0 Å². The van der Waals surface area contributed by atoms with Gasteiger partial charge in [-0.1, -0.05) is 13.8 Å². The molecule has 0 bridgehead atoms. The van der Waals surface area contributed by atoms with E-state index < -0.39 is 18.9 Å². The van der Waals surface area contributed by atoms with E-state index in [9.17, 15) is 5.02 Å². The van der Waals surface area contributed by atoms with Crippen LogP contribution in [-0.4, -0.2) is 55.6 Å². The first-order valence-electron chi connectivity index (χ1n) is 6.70. The molecule has 0 aliphatic rings. The summed E-state index contributed by atoms with van der Waals surface area (Å²) < 4.78 is 11.4. The average molecular weight is 302 g/mol. The summed E-state index contributed by atoms with van der Waals surface area (Å²) in [6.07, 6.45) is -0.150. The van der Waals surface area contributed by atoms with E-state index in [4.69, 9.17) is 20.0 Å². The highest BCUT2D eigenvalue weighted by Gasteiger charge is 2.31. The first kappa shape index (κ1) is 18.1. The van der Waals surface area contributed by atoms with Gasteiger partial charge in [0.1, 0.15) is 0 Å². The van der Waals surface area contributed by atoms with Crippen LogP contribution in [0.4, 0.5) is 0 Å². The van der Waals surface area contributed by atoms with Gasteiger partial charge < -0.3 is 29.7 Å². The molecular weight excluding hydrogens is 279 g/mol. The summed E-state index contributed by atoms with van der Waals surface area (Å²) >= 11 is 0. The van der Waals surface area contributed by atoms with Crippen LogP contribution in [0.1, 0.15) is 27.7 Å². The minimum absolute atomic E-state index is 0.168. The summed E-state index contributed by atoms with van der Waals surface area (Å²) in [7, 11) is -1.11. The number of ether oxygens (including phenoxy) is 1. The van der Waals surface area contributed by atoms with E-state index in [2.05, 4.69) is 9.84 Å². The van der Waals surface area contributed by atoms with Crippen LogP contribution in [-0.2, 0) is 15.9 Å². The third-order valence-corrected chi connectivity index (χ3v) is 3.36. The van der Waals surface area contributed by atoms with Gasteiger partial charge in [-0.05, 0) is 19.8 Å². The van der Waals surface area contributed by atoms with Crippen molar-refractivity contribution in [2.45, 2.75) is 46.0 Å². The van der Waals surface area contributed by atoms with Gasteiger partial charge in [0, 0.05) is 17.9 Å². The predicted molar refractivity (Wildman–Crippen MR) is 75.2 cm³/mol. The van der Waals surface area contributed by atoms with E-state index in [1.807, 2.05) is 27.7 Å². The lowest BCUT2D eigenvalue weighted by Crippen LogP contribution is -2.44. The molecule has 1 heterocycles. The third-order valence-electron chi connectivity index (χ3n) is 3.36. The molecule has 120 valence electrons. The van der Waals surface area contributed by atoms with Gasteiger partial charge in [0.25, 0.3) is 0 Å². The molecule has 0 aliphatic carbocycles. The second-order valence-electron chi connectivity index (χ2n) is 5.69. The van der Waals surface area contributed by atoms with Crippen molar-refractivity contribution in [3.63, 3.8) is 0 Å². The molecule has 4 N–H and O–H groups in total. The van der Waals surface area contributed by atoms with E-state index in [1.54, 1.807) is 6.20 Å². The molecule has 0 radical (unpaired) electrons. The van der Waals surface area contributed by atoms with Crippen molar-refractivity contribution in [2.75, 3.05) is 6.61 Å². The number of aliphatic hydroxyl groups is 3. The first-order valence-corrected chi connectivity index (χ1v) is 6.70. The zero-order chi connectivity index (χ0) is 16.3. The van der Waals surface area contributed by atoms with Crippen molar-refractivity contribution in [3.8, 4) is 0 Å². The Labute approximate surface area is 124 Å². The van der Waals surface area contributed by atoms with E-state index in [-0.39, 0.29) is 19.1 Å². The van der Waals surface area contributed by atoms with Crippen LogP contribution in [0, 0.1) is 5.92 Å². The summed E-state index contributed by atoms with van der Waals surface area (Å²) in [5.74, 6) is 0.224. The minimum Gasteiger partial charge on any atom is -0.423 e. The van der Waals surface area contributed by atoms with Gasteiger partial charge in [0.2, 0.25) is 0 Å². The molecule has 8 nitrogen and oxygen atoms in total. The molecule has 0 saturated carbocycles. The van der Waals surface area contributed by atoms with E-state index >= 15 is 0 Å². The lowest BCUT2D eigenvalue weighted by atomic mass is 9.79. The van der Waals surface area contributed by atoms with Gasteiger partial charge >= 0.3 is 13.3 Å². The first-order chi connectivity index (χ1) is 9.51. The molecule has 1 aromatic heterocycles. The summed E-state index contributed by atoms with van der Waals surface area (Å²) in [6.45, 7) is 7.78. The molecule has 0 atom stereocenters. The van der Waals surface area contributed by atoms with Crippen molar-refractivity contribution < 1.29 is 29.7 Å². The fraction of sp³-hybridized carbons (Fsp3) is 0.750. The molecule has 0 fully saturated rings. The topological polar surface area (TPSA) is 117 Å². The molecule has 0 unspecified atom stereocenters. The van der Waals surface area contributed by atoms with E-state index in [0.29, 0.717) is 5.46 Å². The van der Waals surface area contributed by atoms with Gasteiger partial charge in [-0.2, -0.15) is 5.10 Å². The highest BCUT2D eigenvalue weighted by molar-refractivity contribution is 6.59. The molecule has 0 aliphatic heterocycles. The molecule has 0 saturated heterocycles. The van der Waals surface area contributed by atoms with Crippen molar-refractivity contribution in [2.24, 2.45) is 5.92 Å². The van der Waals surface area contributed by atoms with Gasteiger partial charge in [0.15, 0.2) is 0 Å². The summed E-state index contributed by atoms with van der Waals surface area (Å²) in [5.41, 5.74) is -0.0125. The molecule has 0 amide bonds. The Balaban J connectivity index is 2.54. The van der Waals surface area contributed by atoms with Crippen molar-refractivity contribution in [1.82, 2.24) is 9.78 Å². The largest absolute Gasteiger partial charge is 0.494 e. The summed E-state index contributed by atoms with van der Waals surface area (Å²) in [5, 5.41) is 39.7. The lowest BCUT2D eigenvalue weighted by molar-refractivity contribution is -0.454. The van der Waals surface area contributed by atoms with Gasteiger partial charge in [-0.15, -0.1) is 0 Å². The van der Waals surface area contributed by atoms with Crippen molar-refractivity contribution in [3.05, 3.63) is 12.4 Å². The number of hydrogen-bond acceptors (Lipinski definition) is 7. The van der Waals surface area contributed by atoms with E-state index in [1.165, 1.54) is 10.9 Å². The minimum atomic E-state index is -3.15. The highest BCUT2D eigenvalue weighted by atomic mass is 16.9. The number of aromatic nitrogens is 2. The monoisotopic (exact) mass is 302 g/mol. The standard InChI is InChI=1S/C12H23BN2O6/c1-9(2)11(3,4)21-13(19)10-7-14-15(8-10)5-6-20-12(16,17)18/h7-9,16-19H,5-6H2,1-4H3. The zero-order valence-corrected chi connectivity index (χ0v) is 12.7. The van der Waals surface area contributed by atoms with Crippen LogP contribution < -0.4 is 5.46 Å². The number of nitrogens with zero attached hydrogens (tertiary/aromatic N) is 2. The van der Waals surface area contributed by atoms with E-state index in [0.717, 1.165) is 0 Å². The Kier molecular flexibility index (Phi) is 5.91. The van der Waals surface area contributed by atoms with Crippen molar-refractivity contribution in [1.29, 1.82) is 0 Å². The second-order valence-corrected chi connectivity index (χ2v) is 5.69. The number of rotatable bonds is 8. The summed E-state index contributed by atoms with van der Waals surface area (Å²) in [6, 6.07) is 0. The Morgan fingerprint density at radius 3 is 2.48 bits per heavy atom. The highest BCUT2D eigenvalue weighted by Crippen LogP contribution is 2.20. The molecule has 1 rings (SSSR count). The maximum Gasteiger partial charge on any atom is 0.494 e. The molecule has 1 aromatic rings. The van der Waals surface area contributed by atoms with Gasteiger partial charge in [-0.25, -0.2) is 0 Å². The van der Waals surface area contributed by atoms with Crippen molar-refractivity contribution >= 4 is 12.6 Å². The molecule has 0 aromatic carbocycles. The Morgan fingerprint density at radius 1 is 1.33 bits per heavy atom. The predicted octanol–water partition coefficient (Wildman–Crippen LogP) is -1.37. The van der Waals surface area contributed by atoms with Crippen LogP contribution in [0.3, 0.4) is 0 Å². The fourth-order valence-corrected chi connectivity index (χ4v) is 1.40. The third kappa shape index (κ3) is 6.12. The maximum atomic E-state index is 10.0. The average Bonchev–Trinajstić information content (AvgIpc) is 2.75. The second kappa shape index (κ2) is 6.86. The quantitative estimate of drug-likeness (QED) is 0.345. The van der Waals surface area contributed by atoms with Gasteiger partial charge in [0.05, 0.1) is 18.8 Å². The van der Waals surface area contributed by atoms with Crippen LogP contribution in [0.15, 0.2) is 12.4 Å². The van der Waals surface area contributed by atoms with Crippen LogP contribution in [0.25, 0.3) is 0 Å². The molecule has 0 spiro atoms. The van der Waals surface area contributed by atoms with Crippen LogP contribution >= 0.6 is 0 Å². The van der Waals surface area contributed by atoms with Gasteiger partial charge in [-0.3, -0.25) is 4.68 Å². The molecular formula is C12H23BN2O6.